The fourth-order valence-corrected chi connectivity index (χ4v) is 0.608. The molecule has 1 rings (SSSR count). The van der Waals surface area contributed by atoms with Crippen molar-refractivity contribution in [2.75, 3.05) is 5.73 Å². The van der Waals surface area contributed by atoms with Crippen LogP contribution in [0.5, 0.6) is 0 Å². The Morgan fingerprint density at radius 1 is 1.25 bits per heavy atom. The van der Waals surface area contributed by atoms with Gasteiger partial charge in [-0.05, 0) is 6.42 Å². The van der Waals surface area contributed by atoms with Crippen molar-refractivity contribution in [3.8, 4) is 0 Å². The topological polar surface area (TPSA) is 51.8 Å². The lowest BCUT2D eigenvalue weighted by Gasteiger charge is -1.93. The molecule has 12 heavy (non-hydrogen) atoms. The maximum absolute atomic E-state index is 5.38. The molecule has 1 heterocycles. The molecule has 0 aliphatic rings. The number of nitrogen functional groups attached to an aromatic ring is 1. The lowest BCUT2D eigenvalue weighted by Crippen LogP contribution is -1.93. The molecule has 0 saturated carbocycles. The van der Waals surface area contributed by atoms with Crippen LogP contribution >= 0.6 is 0 Å². The molecule has 0 aliphatic heterocycles. The fourth-order valence-electron chi connectivity index (χ4n) is 0.608. The highest BCUT2D eigenvalue weighted by Gasteiger charge is 1.89. The van der Waals surface area contributed by atoms with E-state index < -0.39 is 0 Å². The largest absolute Gasteiger partial charge is 0.384 e. The van der Waals surface area contributed by atoms with Crippen LogP contribution in [0.3, 0.4) is 0 Å². The molecule has 0 fully saturated rings. The van der Waals surface area contributed by atoms with Crippen LogP contribution in [-0.2, 0) is 6.42 Å². The quantitative estimate of drug-likeness (QED) is 0.696. The van der Waals surface area contributed by atoms with Crippen LogP contribution in [0.15, 0.2) is 12.4 Å². The van der Waals surface area contributed by atoms with E-state index in [2.05, 4.69) is 23.8 Å². The predicted octanol–water partition coefficient (Wildman–Crippen LogP) is 2.04. The Labute approximate surface area is 74.0 Å². The van der Waals surface area contributed by atoms with Crippen molar-refractivity contribution in [2.24, 2.45) is 0 Å². The Bertz CT molecular complexity index is 211. The van der Waals surface area contributed by atoms with E-state index in [1.54, 1.807) is 6.07 Å². The van der Waals surface area contributed by atoms with Crippen molar-refractivity contribution in [1.29, 1.82) is 0 Å². The zero-order valence-corrected chi connectivity index (χ0v) is 8.04. The summed E-state index contributed by atoms with van der Waals surface area (Å²) in [5.41, 5.74) is 6.37. The van der Waals surface area contributed by atoms with Gasteiger partial charge in [0.1, 0.15) is 12.1 Å². The maximum atomic E-state index is 5.38. The minimum Gasteiger partial charge on any atom is -0.384 e. The molecule has 1 aromatic heterocycles. The minimum absolute atomic E-state index is 0.543. The summed E-state index contributed by atoms with van der Waals surface area (Å²) in [6.45, 7) is 6.28. The van der Waals surface area contributed by atoms with Crippen LogP contribution in [0.4, 0.5) is 5.82 Å². The third-order valence-corrected chi connectivity index (χ3v) is 1.11. The fraction of sp³-hybridized carbons (Fsp3) is 0.556. The number of hydrogen-bond acceptors (Lipinski definition) is 3. The number of anilines is 1. The van der Waals surface area contributed by atoms with Crippen molar-refractivity contribution in [3.05, 3.63) is 18.1 Å². The average Bonchev–Trinajstić information content (AvgIpc) is 2.06. The van der Waals surface area contributed by atoms with Crippen LogP contribution in [-0.4, -0.2) is 9.97 Å². The van der Waals surface area contributed by atoms with Crippen molar-refractivity contribution in [2.45, 2.75) is 33.6 Å². The highest BCUT2D eigenvalue weighted by atomic mass is 14.9. The van der Waals surface area contributed by atoms with Gasteiger partial charge in [-0.2, -0.15) is 0 Å². The number of aryl methyl sites for hydroxylation is 1. The maximum Gasteiger partial charge on any atom is 0.126 e. The van der Waals surface area contributed by atoms with Crippen molar-refractivity contribution < 1.29 is 0 Å². The summed E-state index contributed by atoms with van der Waals surface area (Å²) in [5, 5.41) is 0. The summed E-state index contributed by atoms with van der Waals surface area (Å²) in [5.74, 6) is 0.543. The van der Waals surface area contributed by atoms with Crippen molar-refractivity contribution in [1.82, 2.24) is 9.97 Å². The average molecular weight is 167 g/mol. The second-order valence-corrected chi connectivity index (χ2v) is 2.49. The second-order valence-electron chi connectivity index (χ2n) is 2.49. The first-order chi connectivity index (χ1) is 5.74. The van der Waals surface area contributed by atoms with Gasteiger partial charge in [0.2, 0.25) is 0 Å². The van der Waals surface area contributed by atoms with Crippen molar-refractivity contribution >= 4 is 5.82 Å². The minimum atomic E-state index is 0.543. The lowest BCUT2D eigenvalue weighted by atomic mass is 10.3. The van der Waals surface area contributed by atoms with E-state index in [4.69, 9.17) is 5.73 Å². The first kappa shape index (κ1) is 10.9. The molecule has 0 bridgehead atoms. The normalized spacial score (nSPS) is 8.58. The van der Waals surface area contributed by atoms with Gasteiger partial charge >= 0.3 is 0 Å². The van der Waals surface area contributed by atoms with E-state index in [-0.39, 0.29) is 0 Å². The molecule has 0 unspecified atom stereocenters. The van der Waals surface area contributed by atoms with Gasteiger partial charge in [0, 0.05) is 11.8 Å². The molecule has 68 valence electrons. The molecule has 2 N–H and O–H groups in total. The molecule has 0 radical (unpaired) electrons. The van der Waals surface area contributed by atoms with Gasteiger partial charge in [-0.1, -0.05) is 27.2 Å². The van der Waals surface area contributed by atoms with E-state index in [0.29, 0.717) is 5.82 Å². The molecule has 0 aliphatic carbocycles. The Balaban J connectivity index is 0.000000354. The highest BCUT2D eigenvalue weighted by Crippen LogP contribution is 1.97. The smallest absolute Gasteiger partial charge is 0.126 e. The Hall–Kier alpha value is -1.12. The Morgan fingerprint density at radius 3 is 2.17 bits per heavy atom. The molecule has 1 aromatic rings. The third-order valence-electron chi connectivity index (χ3n) is 1.11. The number of nitrogens with zero attached hydrogens (tertiary/aromatic N) is 2. The van der Waals surface area contributed by atoms with Gasteiger partial charge in [-0.15, -0.1) is 0 Å². The summed E-state index contributed by atoms with van der Waals surface area (Å²) >= 11 is 0. The van der Waals surface area contributed by atoms with Gasteiger partial charge in [0.05, 0.1) is 0 Å². The van der Waals surface area contributed by atoms with Crippen LogP contribution < -0.4 is 5.73 Å². The predicted molar refractivity (Wildman–Crippen MR) is 51.8 cm³/mol. The standard InChI is InChI=1S/C6H9N3.C3H8/c1-2-5-3-6(7)9-4-8-5;1-3-2/h3-4H,2H2,1H3,(H2,7,8,9);3H2,1-2H3. The van der Waals surface area contributed by atoms with E-state index in [0.717, 1.165) is 12.1 Å². The van der Waals surface area contributed by atoms with Crippen molar-refractivity contribution in [3.63, 3.8) is 0 Å². The molecular formula is C9H17N3. The zero-order valence-electron chi connectivity index (χ0n) is 8.04. The molecule has 0 saturated heterocycles. The van der Waals surface area contributed by atoms with Gasteiger partial charge < -0.3 is 5.73 Å². The highest BCUT2D eigenvalue weighted by molar-refractivity contribution is 5.27. The molecule has 3 heteroatoms. The van der Waals surface area contributed by atoms with Crippen LogP contribution in [0.25, 0.3) is 0 Å². The lowest BCUT2D eigenvalue weighted by molar-refractivity contribution is 1.00. The van der Waals surface area contributed by atoms with E-state index in [9.17, 15) is 0 Å². The first-order valence-electron chi connectivity index (χ1n) is 4.30. The van der Waals surface area contributed by atoms with Gasteiger partial charge in [0.25, 0.3) is 0 Å². The molecule has 0 atom stereocenters. The summed E-state index contributed by atoms with van der Waals surface area (Å²) in [4.78, 5) is 7.72. The molecule has 0 spiro atoms. The summed E-state index contributed by atoms with van der Waals surface area (Å²) in [6, 6.07) is 1.78. The number of aromatic nitrogens is 2. The van der Waals surface area contributed by atoms with E-state index in [1.165, 1.54) is 12.7 Å². The summed E-state index contributed by atoms with van der Waals surface area (Å²) in [7, 11) is 0. The zero-order chi connectivity index (χ0) is 9.40. The molecule has 0 amide bonds. The van der Waals surface area contributed by atoms with Gasteiger partial charge in [0.15, 0.2) is 0 Å². The Kier molecular flexibility index (Phi) is 5.97. The van der Waals surface area contributed by atoms with Gasteiger partial charge in [-0.25, -0.2) is 9.97 Å². The van der Waals surface area contributed by atoms with Crippen LogP contribution in [0.1, 0.15) is 32.9 Å². The number of hydrogen-bond donors (Lipinski definition) is 1. The third kappa shape index (κ3) is 4.66. The first-order valence-corrected chi connectivity index (χ1v) is 4.30. The van der Waals surface area contributed by atoms with E-state index >= 15 is 0 Å². The molecule has 0 aromatic carbocycles. The van der Waals surface area contributed by atoms with Crippen LogP contribution in [0.2, 0.25) is 0 Å². The monoisotopic (exact) mass is 167 g/mol. The molecule has 3 nitrogen and oxygen atoms in total. The molecular weight excluding hydrogens is 150 g/mol. The summed E-state index contributed by atoms with van der Waals surface area (Å²) in [6.07, 6.45) is 3.64. The van der Waals surface area contributed by atoms with Gasteiger partial charge in [-0.3, -0.25) is 0 Å². The Morgan fingerprint density at radius 2 is 1.83 bits per heavy atom. The number of nitrogens with two attached hydrogens (primary N) is 1. The SMILES string of the molecule is CCC.CCc1cc(N)ncn1. The van der Waals surface area contributed by atoms with Crippen LogP contribution in [0, 0.1) is 0 Å². The second kappa shape index (κ2) is 6.58. The number of rotatable bonds is 1. The van der Waals surface area contributed by atoms with E-state index in [1.807, 2.05) is 6.92 Å². The summed E-state index contributed by atoms with van der Waals surface area (Å²) < 4.78 is 0.